The third-order valence-corrected chi connectivity index (χ3v) is 2.32. The number of carbonyl (C=O) groups excluding carboxylic acids is 1. The molecule has 0 aliphatic carbocycles. The van der Waals surface area contributed by atoms with Gasteiger partial charge in [-0.3, -0.25) is 4.79 Å². The Bertz CT molecular complexity index is 145. The first-order chi connectivity index (χ1) is 6.10. The van der Waals surface area contributed by atoms with E-state index < -0.39 is 6.10 Å². The minimum atomic E-state index is -0.540. The van der Waals surface area contributed by atoms with E-state index in [9.17, 15) is 9.90 Å². The zero-order valence-electron chi connectivity index (χ0n) is 8.75. The van der Waals surface area contributed by atoms with Gasteiger partial charge in [0, 0.05) is 0 Å². The van der Waals surface area contributed by atoms with E-state index in [1.807, 2.05) is 0 Å². The second kappa shape index (κ2) is 6.89. The molecule has 2 atom stereocenters. The SMILES string of the molecule is CCC(C)CCC(O)CC(=O)OC. The van der Waals surface area contributed by atoms with E-state index in [1.54, 1.807) is 0 Å². The molecule has 0 radical (unpaired) electrons. The van der Waals surface area contributed by atoms with Crippen LogP contribution in [0.4, 0.5) is 0 Å². The number of ether oxygens (including phenoxy) is 1. The lowest BCUT2D eigenvalue weighted by atomic mass is 9.99. The molecule has 0 spiro atoms. The summed E-state index contributed by atoms with van der Waals surface area (Å²) in [7, 11) is 1.34. The Morgan fingerprint density at radius 1 is 1.46 bits per heavy atom. The topological polar surface area (TPSA) is 46.5 Å². The Labute approximate surface area is 80.1 Å². The van der Waals surface area contributed by atoms with Crippen molar-refractivity contribution >= 4 is 5.97 Å². The summed E-state index contributed by atoms with van der Waals surface area (Å²) in [6, 6.07) is 0. The van der Waals surface area contributed by atoms with E-state index in [0.717, 1.165) is 12.8 Å². The van der Waals surface area contributed by atoms with Crippen LogP contribution < -0.4 is 0 Å². The molecule has 0 aromatic heterocycles. The summed E-state index contributed by atoms with van der Waals surface area (Å²) in [5, 5.41) is 9.39. The molecule has 0 aliphatic rings. The maximum atomic E-state index is 10.8. The van der Waals surface area contributed by atoms with Gasteiger partial charge in [-0.05, 0) is 18.8 Å². The minimum absolute atomic E-state index is 0.118. The van der Waals surface area contributed by atoms with Gasteiger partial charge in [0.25, 0.3) is 0 Å². The third-order valence-electron chi connectivity index (χ3n) is 2.32. The van der Waals surface area contributed by atoms with Gasteiger partial charge in [0.15, 0.2) is 0 Å². The lowest BCUT2D eigenvalue weighted by Gasteiger charge is -2.12. The lowest BCUT2D eigenvalue weighted by molar-refractivity contribution is -0.142. The van der Waals surface area contributed by atoms with Gasteiger partial charge < -0.3 is 9.84 Å². The van der Waals surface area contributed by atoms with Crippen LogP contribution in [0.3, 0.4) is 0 Å². The van der Waals surface area contributed by atoms with Gasteiger partial charge in [-0.25, -0.2) is 0 Å². The van der Waals surface area contributed by atoms with Crippen LogP contribution in [0.15, 0.2) is 0 Å². The first kappa shape index (κ1) is 12.4. The second-order valence-corrected chi connectivity index (χ2v) is 3.52. The zero-order chi connectivity index (χ0) is 10.3. The van der Waals surface area contributed by atoms with Crippen molar-refractivity contribution in [2.24, 2.45) is 5.92 Å². The van der Waals surface area contributed by atoms with Crippen molar-refractivity contribution in [1.82, 2.24) is 0 Å². The Kier molecular flexibility index (Phi) is 6.59. The Balaban J connectivity index is 3.50. The molecule has 2 unspecified atom stereocenters. The summed E-state index contributed by atoms with van der Waals surface area (Å²) in [5.74, 6) is 0.281. The van der Waals surface area contributed by atoms with Crippen molar-refractivity contribution in [2.75, 3.05) is 7.11 Å². The molecule has 78 valence electrons. The highest BCUT2D eigenvalue weighted by Crippen LogP contribution is 2.12. The lowest BCUT2D eigenvalue weighted by Crippen LogP contribution is -2.15. The first-order valence-electron chi connectivity index (χ1n) is 4.85. The van der Waals surface area contributed by atoms with Crippen LogP contribution in [-0.2, 0) is 9.53 Å². The molecule has 0 aliphatic heterocycles. The Morgan fingerprint density at radius 2 is 2.08 bits per heavy atom. The molecule has 13 heavy (non-hydrogen) atoms. The molecule has 0 bridgehead atoms. The van der Waals surface area contributed by atoms with Gasteiger partial charge in [-0.2, -0.15) is 0 Å². The largest absolute Gasteiger partial charge is 0.469 e. The molecule has 0 rings (SSSR count). The normalized spacial score (nSPS) is 15.1. The van der Waals surface area contributed by atoms with Gasteiger partial charge in [-0.1, -0.05) is 20.3 Å². The highest BCUT2D eigenvalue weighted by atomic mass is 16.5. The van der Waals surface area contributed by atoms with Gasteiger partial charge in [0.2, 0.25) is 0 Å². The number of esters is 1. The molecule has 0 saturated heterocycles. The number of hydrogen-bond donors (Lipinski definition) is 1. The molecule has 0 fully saturated rings. The summed E-state index contributed by atoms with van der Waals surface area (Å²) < 4.78 is 4.46. The summed E-state index contributed by atoms with van der Waals surface area (Å²) in [5.41, 5.74) is 0. The van der Waals surface area contributed by atoms with E-state index in [-0.39, 0.29) is 12.4 Å². The summed E-state index contributed by atoms with van der Waals surface area (Å²) in [4.78, 5) is 10.8. The smallest absolute Gasteiger partial charge is 0.308 e. The van der Waals surface area contributed by atoms with Crippen molar-refractivity contribution < 1.29 is 14.6 Å². The second-order valence-electron chi connectivity index (χ2n) is 3.52. The number of aliphatic hydroxyl groups excluding tert-OH is 1. The maximum absolute atomic E-state index is 10.8. The Hall–Kier alpha value is -0.570. The fraction of sp³-hybridized carbons (Fsp3) is 0.900. The van der Waals surface area contributed by atoms with E-state index in [1.165, 1.54) is 7.11 Å². The van der Waals surface area contributed by atoms with Crippen molar-refractivity contribution in [3.8, 4) is 0 Å². The van der Waals surface area contributed by atoms with E-state index in [2.05, 4.69) is 18.6 Å². The van der Waals surface area contributed by atoms with Crippen molar-refractivity contribution in [2.45, 2.75) is 45.6 Å². The Morgan fingerprint density at radius 3 is 2.54 bits per heavy atom. The molecule has 1 N–H and O–H groups in total. The van der Waals surface area contributed by atoms with Crippen LogP contribution in [0.2, 0.25) is 0 Å². The number of aliphatic hydroxyl groups is 1. The number of rotatable bonds is 6. The average Bonchev–Trinajstić information content (AvgIpc) is 2.13. The van der Waals surface area contributed by atoms with Gasteiger partial charge in [0.1, 0.15) is 0 Å². The van der Waals surface area contributed by atoms with Crippen molar-refractivity contribution in [3.63, 3.8) is 0 Å². The molecule has 3 heteroatoms. The fourth-order valence-corrected chi connectivity index (χ4v) is 1.06. The summed E-state index contributed by atoms with van der Waals surface area (Å²) in [6.07, 6.45) is 2.35. The maximum Gasteiger partial charge on any atom is 0.308 e. The van der Waals surface area contributed by atoms with Gasteiger partial charge >= 0.3 is 5.97 Å². The molecular formula is C10H20O3. The molecule has 0 aromatic rings. The average molecular weight is 188 g/mol. The van der Waals surface area contributed by atoms with Crippen LogP contribution in [0.5, 0.6) is 0 Å². The standard InChI is InChI=1S/C10H20O3/c1-4-8(2)5-6-9(11)7-10(12)13-3/h8-9,11H,4-7H2,1-3H3. The predicted molar refractivity (Wildman–Crippen MR) is 51.3 cm³/mol. The van der Waals surface area contributed by atoms with Crippen molar-refractivity contribution in [3.05, 3.63) is 0 Å². The van der Waals surface area contributed by atoms with Crippen LogP contribution in [-0.4, -0.2) is 24.3 Å². The molecular weight excluding hydrogens is 168 g/mol. The number of methoxy groups -OCH3 is 1. The van der Waals surface area contributed by atoms with E-state index >= 15 is 0 Å². The van der Waals surface area contributed by atoms with E-state index in [4.69, 9.17) is 0 Å². The monoisotopic (exact) mass is 188 g/mol. The molecule has 0 saturated carbocycles. The number of hydrogen-bond acceptors (Lipinski definition) is 3. The molecule has 0 heterocycles. The van der Waals surface area contributed by atoms with Crippen LogP contribution in [0.1, 0.15) is 39.5 Å². The fourth-order valence-electron chi connectivity index (χ4n) is 1.06. The van der Waals surface area contributed by atoms with Gasteiger partial charge in [0.05, 0.1) is 19.6 Å². The van der Waals surface area contributed by atoms with Crippen LogP contribution in [0, 0.1) is 5.92 Å². The van der Waals surface area contributed by atoms with Gasteiger partial charge in [-0.15, -0.1) is 0 Å². The highest BCUT2D eigenvalue weighted by molar-refractivity contribution is 5.69. The van der Waals surface area contributed by atoms with Crippen LogP contribution in [0.25, 0.3) is 0 Å². The first-order valence-corrected chi connectivity index (χ1v) is 4.85. The summed E-state index contributed by atoms with van der Waals surface area (Å²) >= 11 is 0. The molecule has 0 amide bonds. The third kappa shape index (κ3) is 6.58. The molecule has 0 aromatic carbocycles. The quantitative estimate of drug-likeness (QED) is 0.646. The predicted octanol–water partition coefficient (Wildman–Crippen LogP) is 1.74. The summed E-state index contributed by atoms with van der Waals surface area (Å²) in [6.45, 7) is 4.27. The number of carbonyl (C=O) groups is 1. The van der Waals surface area contributed by atoms with Crippen molar-refractivity contribution in [1.29, 1.82) is 0 Å². The van der Waals surface area contributed by atoms with Crippen LogP contribution >= 0.6 is 0 Å². The highest BCUT2D eigenvalue weighted by Gasteiger charge is 2.11. The zero-order valence-corrected chi connectivity index (χ0v) is 8.75. The van der Waals surface area contributed by atoms with E-state index in [0.29, 0.717) is 12.3 Å². The minimum Gasteiger partial charge on any atom is -0.469 e. The molecule has 3 nitrogen and oxygen atoms in total.